The zero-order valence-electron chi connectivity index (χ0n) is 21.2. The van der Waals surface area contributed by atoms with E-state index in [2.05, 4.69) is 32.4 Å². The lowest BCUT2D eigenvalue weighted by molar-refractivity contribution is -0.207. The third-order valence-electron chi connectivity index (χ3n) is 10.0. The van der Waals surface area contributed by atoms with E-state index in [1.807, 2.05) is 13.8 Å². The average molecular weight is 473 g/mol. The Kier molecular flexibility index (Phi) is 6.35. The van der Waals surface area contributed by atoms with Crippen molar-refractivity contribution in [2.24, 2.45) is 34.0 Å². The number of Topliss-reactive ketones (excluding diaryl/α,β-unsaturated/α-hetero) is 1. The van der Waals surface area contributed by atoms with Gasteiger partial charge in [-0.25, -0.2) is 0 Å². The van der Waals surface area contributed by atoms with Crippen LogP contribution in [0, 0.1) is 40.9 Å². The third-order valence-corrected chi connectivity index (χ3v) is 10.0. The minimum Gasteiger partial charge on any atom is -0.460 e. The Morgan fingerprint density at radius 3 is 2.71 bits per heavy atom. The van der Waals surface area contributed by atoms with E-state index in [-0.39, 0.29) is 42.1 Å². The average Bonchev–Trinajstić information content (AvgIpc) is 3.34. The number of aliphatic hydroxyl groups excluding tert-OH is 2. The van der Waals surface area contributed by atoms with Crippen LogP contribution in [-0.4, -0.2) is 44.0 Å². The summed E-state index contributed by atoms with van der Waals surface area (Å²) < 4.78 is 7.71. The second-order valence-electron chi connectivity index (χ2n) is 11.7. The molecule has 1 aromatic heterocycles. The number of rotatable bonds is 5. The molecule has 0 aliphatic heterocycles. The highest BCUT2D eigenvalue weighted by molar-refractivity contribution is 5.85. The van der Waals surface area contributed by atoms with E-state index in [4.69, 9.17) is 4.74 Å². The van der Waals surface area contributed by atoms with Crippen molar-refractivity contribution in [3.8, 4) is 0 Å². The van der Waals surface area contributed by atoms with Crippen molar-refractivity contribution < 1.29 is 24.5 Å². The van der Waals surface area contributed by atoms with Gasteiger partial charge in [-0.3, -0.25) is 14.3 Å². The molecular weight excluding hydrogens is 432 g/mol. The first-order valence-electron chi connectivity index (χ1n) is 12.6. The van der Waals surface area contributed by atoms with Crippen LogP contribution in [0.3, 0.4) is 0 Å². The number of ether oxygens (including phenoxy) is 1. The zero-order chi connectivity index (χ0) is 25.1. The Labute approximate surface area is 202 Å². The third kappa shape index (κ3) is 3.58. The lowest BCUT2D eigenvalue weighted by Gasteiger charge is -2.61. The topological polar surface area (TPSA) is 102 Å². The first-order chi connectivity index (χ1) is 15.9. The zero-order valence-corrected chi connectivity index (χ0v) is 21.2. The molecule has 0 amide bonds. The normalized spacial score (nSPS) is 42.0. The molecule has 2 bridgehead atoms. The first-order valence-corrected chi connectivity index (χ1v) is 12.6. The number of ketones is 1. The number of carbonyl (C=O) groups is 2. The minimum absolute atomic E-state index is 0.0606. The van der Waals surface area contributed by atoms with Crippen molar-refractivity contribution in [3.63, 3.8) is 0 Å². The Morgan fingerprint density at radius 1 is 1.35 bits per heavy atom. The van der Waals surface area contributed by atoms with Crippen molar-refractivity contribution in [2.75, 3.05) is 0 Å². The maximum Gasteiger partial charge on any atom is 0.328 e. The molecule has 2 N–H and O–H groups in total. The number of carbonyl (C=O) groups excluding carboxylic acids is 2. The molecule has 0 spiro atoms. The molecule has 7 nitrogen and oxygen atoms in total. The molecule has 0 aromatic carbocycles. The number of aryl methyl sites for hydroxylation is 1. The van der Waals surface area contributed by atoms with E-state index >= 15 is 0 Å². The van der Waals surface area contributed by atoms with Gasteiger partial charge in [-0.15, -0.1) is 6.58 Å². The monoisotopic (exact) mass is 472 g/mol. The molecule has 3 saturated carbocycles. The second-order valence-corrected chi connectivity index (χ2v) is 11.7. The van der Waals surface area contributed by atoms with Crippen LogP contribution in [0.25, 0.3) is 0 Å². The molecule has 2 unspecified atom stereocenters. The summed E-state index contributed by atoms with van der Waals surface area (Å²) in [6.07, 6.45) is 4.09. The molecule has 0 radical (unpaired) electrons. The van der Waals surface area contributed by atoms with Crippen molar-refractivity contribution in [2.45, 2.75) is 92.1 Å². The van der Waals surface area contributed by atoms with E-state index in [9.17, 15) is 19.8 Å². The number of aromatic nitrogens is 2. The molecule has 3 fully saturated rings. The summed E-state index contributed by atoms with van der Waals surface area (Å²) in [6.45, 7) is 13.9. The molecule has 188 valence electrons. The second kappa shape index (κ2) is 8.59. The number of aliphatic hydroxyl groups is 2. The summed E-state index contributed by atoms with van der Waals surface area (Å²) in [4.78, 5) is 26.7. The summed E-state index contributed by atoms with van der Waals surface area (Å²) >= 11 is 0. The van der Waals surface area contributed by atoms with E-state index in [0.29, 0.717) is 24.2 Å². The Morgan fingerprint density at radius 2 is 2.06 bits per heavy atom. The summed E-state index contributed by atoms with van der Waals surface area (Å²) in [5.74, 6) is -0.342. The van der Waals surface area contributed by atoms with Gasteiger partial charge >= 0.3 is 5.97 Å². The lowest BCUT2D eigenvalue weighted by atomic mass is 9.44. The van der Waals surface area contributed by atoms with Gasteiger partial charge in [0.15, 0.2) is 0 Å². The van der Waals surface area contributed by atoms with Gasteiger partial charge in [0, 0.05) is 23.2 Å². The number of nitrogens with zero attached hydrogens (tertiary/aromatic N) is 2. The predicted octanol–water partition coefficient (Wildman–Crippen LogP) is 3.59. The van der Waals surface area contributed by atoms with Crippen LogP contribution in [-0.2, 0) is 27.5 Å². The van der Waals surface area contributed by atoms with Gasteiger partial charge in [-0.05, 0) is 55.9 Å². The summed E-state index contributed by atoms with van der Waals surface area (Å²) in [7, 11) is 0. The van der Waals surface area contributed by atoms with Crippen LogP contribution in [0.4, 0.5) is 0 Å². The number of esters is 1. The summed E-state index contributed by atoms with van der Waals surface area (Å²) in [5.41, 5.74) is -0.232. The van der Waals surface area contributed by atoms with Gasteiger partial charge in [-0.2, -0.15) is 5.10 Å². The molecule has 8 atom stereocenters. The van der Waals surface area contributed by atoms with E-state index in [0.717, 1.165) is 19.3 Å². The van der Waals surface area contributed by atoms with Crippen LogP contribution in [0.15, 0.2) is 18.7 Å². The molecule has 7 heteroatoms. The van der Waals surface area contributed by atoms with Crippen molar-refractivity contribution in [1.82, 2.24) is 9.78 Å². The molecule has 4 rings (SSSR count). The van der Waals surface area contributed by atoms with Crippen LogP contribution in [0.2, 0.25) is 0 Å². The van der Waals surface area contributed by atoms with Gasteiger partial charge in [0.1, 0.15) is 18.4 Å². The standard InChI is InChI=1S/C27H40N2O5/c1-7-25(5)13-21(34-22(32)14-29-19(15-30)12-17(3)28-29)26(6)16(2)8-10-27(18(4)24(25)33)11-9-20(31)23(26)27/h7,12,16,18,21,23-24,30,33H,1,8-11,13-15H2,2-6H3/t16?,18-,21+,23?,24-,25+,26-,27-/m0/s1. The Hall–Kier alpha value is -1.99. The number of hydrogen-bond donors (Lipinski definition) is 2. The van der Waals surface area contributed by atoms with Gasteiger partial charge in [-0.1, -0.05) is 33.8 Å². The van der Waals surface area contributed by atoms with Crippen LogP contribution in [0.5, 0.6) is 0 Å². The van der Waals surface area contributed by atoms with E-state index in [1.54, 1.807) is 12.1 Å². The smallest absolute Gasteiger partial charge is 0.328 e. The lowest BCUT2D eigenvalue weighted by Crippen LogP contribution is -2.63. The van der Waals surface area contributed by atoms with Gasteiger partial charge in [0.2, 0.25) is 0 Å². The largest absolute Gasteiger partial charge is 0.460 e. The van der Waals surface area contributed by atoms with Crippen LogP contribution >= 0.6 is 0 Å². The molecule has 1 heterocycles. The van der Waals surface area contributed by atoms with Crippen molar-refractivity contribution in [1.29, 1.82) is 0 Å². The van der Waals surface area contributed by atoms with Gasteiger partial charge in [0.05, 0.1) is 24.1 Å². The minimum atomic E-state index is -0.688. The SMILES string of the molecule is C=C[C@]1(C)C[C@@H](OC(=O)Cn2nc(C)cc2CO)[C@]2(C)C(C)CC[C@]3(CCC(=O)C32)[C@@H](C)[C@@H]1O. The van der Waals surface area contributed by atoms with E-state index in [1.165, 1.54) is 4.68 Å². The maximum atomic E-state index is 13.4. The van der Waals surface area contributed by atoms with Gasteiger partial charge < -0.3 is 14.9 Å². The molecule has 0 saturated heterocycles. The Balaban J connectivity index is 1.76. The molecular formula is C27H40N2O5. The molecule has 3 aliphatic carbocycles. The summed E-state index contributed by atoms with van der Waals surface area (Å²) in [6, 6.07) is 1.74. The fourth-order valence-electron chi connectivity index (χ4n) is 7.68. The predicted molar refractivity (Wildman–Crippen MR) is 128 cm³/mol. The molecule has 1 aromatic rings. The van der Waals surface area contributed by atoms with Crippen LogP contribution < -0.4 is 0 Å². The fraction of sp³-hybridized carbons (Fsp3) is 0.741. The quantitative estimate of drug-likeness (QED) is 0.502. The van der Waals surface area contributed by atoms with Crippen molar-refractivity contribution >= 4 is 11.8 Å². The summed E-state index contributed by atoms with van der Waals surface area (Å²) in [5, 5.41) is 25.5. The maximum absolute atomic E-state index is 13.4. The number of hydrogen-bond acceptors (Lipinski definition) is 6. The highest BCUT2D eigenvalue weighted by Gasteiger charge is 2.68. The highest BCUT2D eigenvalue weighted by Crippen LogP contribution is 2.67. The molecule has 34 heavy (non-hydrogen) atoms. The van der Waals surface area contributed by atoms with Crippen molar-refractivity contribution in [3.05, 3.63) is 30.1 Å². The van der Waals surface area contributed by atoms with Crippen LogP contribution in [0.1, 0.15) is 71.2 Å². The molecule has 3 aliphatic rings. The fourth-order valence-corrected chi connectivity index (χ4v) is 7.68. The Bertz CT molecular complexity index is 988. The highest BCUT2D eigenvalue weighted by atomic mass is 16.5. The first kappa shape index (κ1) is 25.1. The van der Waals surface area contributed by atoms with Gasteiger partial charge in [0.25, 0.3) is 0 Å². The van der Waals surface area contributed by atoms with E-state index < -0.39 is 29.0 Å².